The van der Waals surface area contributed by atoms with Crippen LogP contribution in [0.3, 0.4) is 0 Å². The topological polar surface area (TPSA) is 3.24 Å². The molecule has 0 atom stereocenters. The Labute approximate surface area is 89.5 Å². The zero-order chi connectivity index (χ0) is 10.6. The van der Waals surface area contributed by atoms with Crippen LogP contribution in [0.2, 0.25) is 5.02 Å². The van der Waals surface area contributed by atoms with Gasteiger partial charge in [0.25, 0.3) is 0 Å². The summed E-state index contributed by atoms with van der Waals surface area (Å²) >= 11 is 5.92. The van der Waals surface area contributed by atoms with Crippen LogP contribution < -0.4 is 0 Å². The molecule has 0 amide bonds. The first kappa shape index (κ1) is 11.5. The lowest BCUT2D eigenvalue weighted by Crippen LogP contribution is -2.22. The lowest BCUT2D eigenvalue weighted by atomic mass is 10.2. The molecule has 0 aliphatic rings. The fraction of sp³-hybridized carbons (Fsp3) is 0.455. The van der Waals surface area contributed by atoms with E-state index in [1.54, 1.807) is 6.07 Å². The maximum Gasteiger partial charge on any atom is 0.124 e. The highest BCUT2D eigenvalue weighted by Gasteiger charge is 2.05. The van der Waals surface area contributed by atoms with E-state index in [9.17, 15) is 4.39 Å². The Kier molecular flexibility index (Phi) is 4.36. The molecule has 0 spiro atoms. The van der Waals surface area contributed by atoms with Crippen molar-refractivity contribution in [2.24, 2.45) is 0 Å². The van der Waals surface area contributed by atoms with E-state index >= 15 is 0 Å². The molecule has 0 N–H and O–H groups in total. The molecule has 78 valence electrons. The van der Waals surface area contributed by atoms with Gasteiger partial charge in [0.05, 0.1) is 0 Å². The number of hydrogen-bond donors (Lipinski definition) is 0. The summed E-state index contributed by atoms with van der Waals surface area (Å²) in [5.41, 5.74) is 0.983. The highest BCUT2D eigenvalue weighted by Crippen LogP contribution is 2.18. The minimum Gasteiger partial charge on any atom is -0.300 e. The van der Waals surface area contributed by atoms with Crippen molar-refractivity contribution in [1.29, 1.82) is 0 Å². The van der Waals surface area contributed by atoms with Crippen molar-refractivity contribution < 1.29 is 4.39 Å². The summed E-state index contributed by atoms with van der Waals surface area (Å²) in [6, 6.07) is 4.56. The second-order valence-corrected chi connectivity index (χ2v) is 3.60. The zero-order valence-corrected chi connectivity index (χ0v) is 9.31. The number of benzene rings is 1. The SMILES string of the molecule is CCN(CC)Cc1ccc(F)cc1Cl. The molecule has 0 aliphatic carbocycles. The summed E-state index contributed by atoms with van der Waals surface area (Å²) in [5, 5.41) is 0.511. The molecular weight excluding hydrogens is 201 g/mol. The fourth-order valence-electron chi connectivity index (χ4n) is 1.34. The molecule has 1 aromatic carbocycles. The van der Waals surface area contributed by atoms with Crippen LogP contribution >= 0.6 is 11.6 Å². The average Bonchev–Trinajstić information content (AvgIpc) is 2.17. The molecule has 1 aromatic rings. The van der Waals surface area contributed by atoms with Gasteiger partial charge in [-0.05, 0) is 30.8 Å². The minimum absolute atomic E-state index is 0.279. The second-order valence-electron chi connectivity index (χ2n) is 3.20. The molecule has 1 nitrogen and oxygen atoms in total. The molecule has 0 aliphatic heterocycles. The number of rotatable bonds is 4. The molecule has 14 heavy (non-hydrogen) atoms. The van der Waals surface area contributed by atoms with Crippen LogP contribution in [0.25, 0.3) is 0 Å². The molecule has 0 bridgehead atoms. The predicted molar refractivity (Wildman–Crippen MR) is 58.0 cm³/mol. The van der Waals surface area contributed by atoms with Crippen LogP contribution in [0, 0.1) is 5.82 Å². The predicted octanol–water partition coefficient (Wildman–Crippen LogP) is 3.32. The molecule has 0 unspecified atom stereocenters. The monoisotopic (exact) mass is 215 g/mol. The van der Waals surface area contributed by atoms with Crippen molar-refractivity contribution in [3.63, 3.8) is 0 Å². The van der Waals surface area contributed by atoms with Crippen LogP contribution in [0.4, 0.5) is 4.39 Å². The Balaban J connectivity index is 2.76. The third-order valence-electron chi connectivity index (χ3n) is 2.30. The van der Waals surface area contributed by atoms with Gasteiger partial charge in [-0.3, -0.25) is 4.90 Å². The summed E-state index contributed by atoms with van der Waals surface area (Å²) in [7, 11) is 0. The first-order valence-electron chi connectivity index (χ1n) is 4.83. The summed E-state index contributed by atoms with van der Waals surface area (Å²) in [5.74, 6) is -0.279. The van der Waals surface area contributed by atoms with Crippen LogP contribution in [0.5, 0.6) is 0 Å². The molecule has 0 saturated heterocycles. The molecule has 1 rings (SSSR count). The number of halogens is 2. The van der Waals surface area contributed by atoms with E-state index in [0.29, 0.717) is 5.02 Å². The van der Waals surface area contributed by atoms with Crippen LogP contribution in [0.1, 0.15) is 19.4 Å². The smallest absolute Gasteiger partial charge is 0.124 e. The Morgan fingerprint density at radius 1 is 1.29 bits per heavy atom. The van der Waals surface area contributed by atoms with E-state index in [4.69, 9.17) is 11.6 Å². The van der Waals surface area contributed by atoms with Crippen molar-refractivity contribution in [3.05, 3.63) is 34.6 Å². The van der Waals surface area contributed by atoms with E-state index in [1.807, 2.05) is 0 Å². The Bertz CT molecular complexity index is 297. The van der Waals surface area contributed by atoms with Crippen molar-refractivity contribution >= 4 is 11.6 Å². The maximum absolute atomic E-state index is 12.8. The Morgan fingerprint density at radius 3 is 2.43 bits per heavy atom. The maximum atomic E-state index is 12.8. The van der Waals surface area contributed by atoms with E-state index in [0.717, 1.165) is 25.2 Å². The van der Waals surface area contributed by atoms with E-state index in [2.05, 4.69) is 18.7 Å². The molecule has 0 saturated carbocycles. The minimum atomic E-state index is -0.279. The molecular formula is C11H15ClFN. The summed E-state index contributed by atoms with van der Waals surface area (Å²) in [4.78, 5) is 2.24. The zero-order valence-electron chi connectivity index (χ0n) is 8.56. The van der Waals surface area contributed by atoms with Crippen molar-refractivity contribution in [2.75, 3.05) is 13.1 Å². The van der Waals surface area contributed by atoms with Gasteiger partial charge < -0.3 is 0 Å². The van der Waals surface area contributed by atoms with Gasteiger partial charge in [0, 0.05) is 11.6 Å². The Hall–Kier alpha value is -0.600. The molecule has 0 aromatic heterocycles. The van der Waals surface area contributed by atoms with Gasteiger partial charge in [-0.15, -0.1) is 0 Å². The van der Waals surface area contributed by atoms with Crippen molar-refractivity contribution in [2.45, 2.75) is 20.4 Å². The Morgan fingerprint density at radius 2 is 1.93 bits per heavy atom. The van der Waals surface area contributed by atoms with Crippen molar-refractivity contribution in [1.82, 2.24) is 4.90 Å². The first-order valence-corrected chi connectivity index (χ1v) is 5.21. The molecule has 0 heterocycles. The van der Waals surface area contributed by atoms with Gasteiger partial charge >= 0.3 is 0 Å². The van der Waals surface area contributed by atoms with Gasteiger partial charge in [0.15, 0.2) is 0 Å². The lowest BCUT2D eigenvalue weighted by molar-refractivity contribution is 0.296. The summed E-state index contributed by atoms with van der Waals surface area (Å²) < 4.78 is 12.8. The van der Waals surface area contributed by atoms with Crippen molar-refractivity contribution in [3.8, 4) is 0 Å². The average molecular weight is 216 g/mol. The van der Waals surface area contributed by atoms with Gasteiger partial charge in [-0.2, -0.15) is 0 Å². The van der Waals surface area contributed by atoms with Gasteiger partial charge in [0.2, 0.25) is 0 Å². The second kappa shape index (κ2) is 5.32. The van der Waals surface area contributed by atoms with Gasteiger partial charge in [0.1, 0.15) is 5.82 Å². The number of hydrogen-bond acceptors (Lipinski definition) is 1. The highest BCUT2D eigenvalue weighted by atomic mass is 35.5. The van der Waals surface area contributed by atoms with E-state index in [1.165, 1.54) is 12.1 Å². The quantitative estimate of drug-likeness (QED) is 0.745. The highest BCUT2D eigenvalue weighted by molar-refractivity contribution is 6.31. The third kappa shape index (κ3) is 2.96. The standard InChI is InChI=1S/C11H15ClFN/c1-3-14(4-2)8-9-5-6-10(13)7-11(9)12/h5-7H,3-4,8H2,1-2H3. The normalized spacial score (nSPS) is 10.9. The third-order valence-corrected chi connectivity index (χ3v) is 2.66. The lowest BCUT2D eigenvalue weighted by Gasteiger charge is -2.18. The first-order chi connectivity index (χ1) is 6.67. The number of nitrogens with zero attached hydrogens (tertiary/aromatic N) is 1. The van der Waals surface area contributed by atoms with Gasteiger partial charge in [-0.1, -0.05) is 31.5 Å². The van der Waals surface area contributed by atoms with Crippen LogP contribution in [0.15, 0.2) is 18.2 Å². The molecule has 0 radical (unpaired) electrons. The van der Waals surface area contributed by atoms with Crippen LogP contribution in [-0.2, 0) is 6.54 Å². The largest absolute Gasteiger partial charge is 0.300 e. The fourth-order valence-corrected chi connectivity index (χ4v) is 1.57. The molecule has 0 fully saturated rings. The van der Waals surface area contributed by atoms with E-state index < -0.39 is 0 Å². The van der Waals surface area contributed by atoms with Crippen LogP contribution in [-0.4, -0.2) is 18.0 Å². The molecule has 3 heteroatoms. The van der Waals surface area contributed by atoms with E-state index in [-0.39, 0.29) is 5.82 Å². The summed E-state index contributed by atoms with van der Waals surface area (Å²) in [6.45, 7) is 6.93. The summed E-state index contributed by atoms with van der Waals surface area (Å²) in [6.07, 6.45) is 0. The van der Waals surface area contributed by atoms with Gasteiger partial charge in [-0.25, -0.2) is 4.39 Å².